The number of carbonyl (C=O) groups excluding carboxylic acids is 2. The average Bonchev–Trinajstić information content (AvgIpc) is 3.52. The largest absolute Gasteiger partial charge is 0.460 e. The van der Waals surface area contributed by atoms with Gasteiger partial charge in [0, 0.05) is 18.2 Å². The highest BCUT2D eigenvalue weighted by Gasteiger charge is 2.32. The normalized spacial score (nSPS) is 18.8. The summed E-state index contributed by atoms with van der Waals surface area (Å²) in [5, 5.41) is 3.30. The molecule has 2 fully saturated rings. The Balaban J connectivity index is 1.15. The lowest BCUT2D eigenvalue weighted by molar-refractivity contribution is -0.122. The Morgan fingerprint density at radius 1 is 1.11 bits per heavy atom. The third-order valence-corrected chi connectivity index (χ3v) is 7.66. The van der Waals surface area contributed by atoms with Crippen molar-refractivity contribution in [2.24, 2.45) is 0 Å². The van der Waals surface area contributed by atoms with E-state index in [1.54, 1.807) is 23.1 Å². The molecule has 2 aromatic carbocycles. The van der Waals surface area contributed by atoms with Crippen LogP contribution >= 0.6 is 24.0 Å². The van der Waals surface area contributed by atoms with Crippen molar-refractivity contribution in [3.05, 3.63) is 88.5 Å². The summed E-state index contributed by atoms with van der Waals surface area (Å²) in [5.74, 6) is 0.660. The SMILES string of the molecule is O=C(OCCOC1CCCNC1)c1ccc(-c2ccc(/C=C3/SC(=S)N(Cc4ccccc4)C3=O)o2)cc1. The van der Waals surface area contributed by atoms with Gasteiger partial charge in [0.2, 0.25) is 0 Å². The third kappa shape index (κ3) is 6.60. The van der Waals surface area contributed by atoms with Crippen LogP contribution in [0.3, 0.4) is 0 Å². The summed E-state index contributed by atoms with van der Waals surface area (Å²) < 4.78 is 17.6. The van der Waals surface area contributed by atoms with Crippen LogP contribution in [0.1, 0.15) is 34.5 Å². The van der Waals surface area contributed by atoms with Gasteiger partial charge in [0.05, 0.1) is 29.7 Å². The molecule has 2 aliphatic rings. The van der Waals surface area contributed by atoms with Crippen LogP contribution in [0.25, 0.3) is 17.4 Å². The van der Waals surface area contributed by atoms with Gasteiger partial charge >= 0.3 is 5.97 Å². The number of hydrogen-bond acceptors (Lipinski definition) is 8. The third-order valence-electron chi connectivity index (χ3n) is 6.28. The predicted molar refractivity (Wildman–Crippen MR) is 151 cm³/mol. The molecule has 2 saturated heterocycles. The van der Waals surface area contributed by atoms with Crippen molar-refractivity contribution in [1.82, 2.24) is 10.2 Å². The monoisotopic (exact) mass is 548 g/mol. The Bertz CT molecular complexity index is 1310. The number of rotatable bonds is 9. The number of thiocarbonyl (C=S) groups is 1. The summed E-state index contributed by atoms with van der Waals surface area (Å²) >= 11 is 6.71. The fraction of sp³-hybridized carbons (Fsp3) is 0.276. The Hall–Kier alpha value is -3.24. The summed E-state index contributed by atoms with van der Waals surface area (Å²) in [4.78, 5) is 27.4. The summed E-state index contributed by atoms with van der Waals surface area (Å²) in [6.45, 7) is 2.91. The number of nitrogens with zero attached hydrogens (tertiary/aromatic N) is 1. The van der Waals surface area contributed by atoms with E-state index in [0.717, 1.165) is 37.1 Å². The zero-order valence-corrected chi connectivity index (χ0v) is 22.4. The van der Waals surface area contributed by atoms with Gasteiger partial charge in [-0.2, -0.15) is 0 Å². The van der Waals surface area contributed by atoms with Crippen molar-refractivity contribution in [3.8, 4) is 11.3 Å². The van der Waals surface area contributed by atoms with Crippen LogP contribution < -0.4 is 5.32 Å². The maximum absolute atomic E-state index is 12.9. The Morgan fingerprint density at radius 3 is 2.68 bits per heavy atom. The first-order valence-corrected chi connectivity index (χ1v) is 13.8. The van der Waals surface area contributed by atoms with Gasteiger partial charge in [-0.1, -0.05) is 66.4 Å². The minimum absolute atomic E-state index is 0.134. The van der Waals surface area contributed by atoms with E-state index in [2.05, 4.69) is 5.32 Å². The predicted octanol–water partition coefficient (Wildman–Crippen LogP) is 5.27. The Morgan fingerprint density at radius 2 is 1.92 bits per heavy atom. The number of amides is 1. The lowest BCUT2D eigenvalue weighted by Gasteiger charge is -2.22. The molecule has 1 amide bonds. The van der Waals surface area contributed by atoms with Gasteiger partial charge in [-0.25, -0.2) is 4.79 Å². The van der Waals surface area contributed by atoms with Crippen molar-refractivity contribution < 1.29 is 23.5 Å². The lowest BCUT2D eigenvalue weighted by atomic mass is 10.1. The second kappa shape index (κ2) is 12.5. The zero-order chi connectivity index (χ0) is 26.3. The minimum atomic E-state index is -0.389. The van der Waals surface area contributed by atoms with Gasteiger partial charge in [-0.15, -0.1) is 0 Å². The van der Waals surface area contributed by atoms with Gasteiger partial charge in [-0.05, 0) is 49.2 Å². The van der Waals surface area contributed by atoms with Crippen LogP contribution in [0.4, 0.5) is 0 Å². The molecule has 1 N–H and O–H groups in total. The first-order chi connectivity index (χ1) is 18.6. The van der Waals surface area contributed by atoms with Gasteiger partial charge in [0.15, 0.2) is 0 Å². The second-order valence-electron chi connectivity index (χ2n) is 9.01. The molecule has 7 nitrogen and oxygen atoms in total. The molecular formula is C29H28N2O5S2. The highest BCUT2D eigenvalue weighted by Crippen LogP contribution is 2.34. The average molecular weight is 549 g/mol. The Kier molecular flexibility index (Phi) is 8.70. The molecule has 1 unspecified atom stereocenters. The molecule has 196 valence electrons. The quantitative estimate of drug-likeness (QED) is 0.168. The summed E-state index contributed by atoms with van der Waals surface area (Å²) in [5.41, 5.74) is 2.29. The molecule has 0 saturated carbocycles. The fourth-order valence-corrected chi connectivity index (χ4v) is 5.52. The topological polar surface area (TPSA) is 81.0 Å². The van der Waals surface area contributed by atoms with Crippen molar-refractivity contribution in [2.75, 3.05) is 26.3 Å². The molecule has 5 rings (SSSR count). The number of ether oxygens (including phenoxy) is 2. The molecular weight excluding hydrogens is 520 g/mol. The number of thioether (sulfide) groups is 1. The van der Waals surface area contributed by atoms with E-state index in [9.17, 15) is 9.59 Å². The number of carbonyl (C=O) groups is 2. The maximum Gasteiger partial charge on any atom is 0.338 e. The van der Waals surface area contributed by atoms with E-state index in [-0.39, 0.29) is 24.6 Å². The van der Waals surface area contributed by atoms with Crippen LogP contribution in [0.5, 0.6) is 0 Å². The van der Waals surface area contributed by atoms with E-state index < -0.39 is 0 Å². The van der Waals surface area contributed by atoms with Crippen molar-refractivity contribution in [1.29, 1.82) is 0 Å². The van der Waals surface area contributed by atoms with E-state index in [1.807, 2.05) is 54.6 Å². The number of esters is 1. The van der Waals surface area contributed by atoms with Crippen molar-refractivity contribution in [3.63, 3.8) is 0 Å². The number of piperidine rings is 1. The van der Waals surface area contributed by atoms with Gasteiger partial charge in [0.1, 0.15) is 22.4 Å². The highest BCUT2D eigenvalue weighted by molar-refractivity contribution is 8.26. The van der Waals surface area contributed by atoms with Gasteiger partial charge in [-0.3, -0.25) is 9.69 Å². The molecule has 3 heterocycles. The van der Waals surface area contributed by atoms with Crippen LogP contribution in [-0.2, 0) is 20.8 Å². The standard InChI is InChI=1S/C29H28N2O5S2/c32-27-26(38-29(37)31(27)19-20-5-2-1-3-6-20)17-23-12-13-25(36-23)21-8-10-22(11-9-21)28(33)35-16-15-34-24-7-4-14-30-18-24/h1-3,5-6,8-13,17,24,30H,4,7,14-16,18-19H2/b26-17+. The van der Waals surface area contributed by atoms with Crippen LogP contribution in [-0.4, -0.2) is 53.5 Å². The van der Waals surface area contributed by atoms with E-state index in [4.69, 9.17) is 26.1 Å². The summed E-state index contributed by atoms with van der Waals surface area (Å²) in [7, 11) is 0. The number of furan rings is 1. The number of nitrogens with one attached hydrogen (secondary N) is 1. The van der Waals surface area contributed by atoms with E-state index in [1.165, 1.54) is 11.8 Å². The summed E-state index contributed by atoms with van der Waals surface area (Å²) in [6, 6.07) is 20.4. The number of benzene rings is 2. The van der Waals surface area contributed by atoms with Crippen LogP contribution in [0.15, 0.2) is 76.1 Å². The lowest BCUT2D eigenvalue weighted by Crippen LogP contribution is -2.36. The van der Waals surface area contributed by atoms with Gasteiger partial charge in [0.25, 0.3) is 5.91 Å². The summed E-state index contributed by atoms with van der Waals surface area (Å²) in [6.07, 6.45) is 4.03. The molecule has 0 aliphatic carbocycles. The molecule has 38 heavy (non-hydrogen) atoms. The van der Waals surface area contributed by atoms with Crippen molar-refractivity contribution >= 4 is 46.3 Å². The van der Waals surface area contributed by atoms with Gasteiger partial charge < -0.3 is 19.2 Å². The molecule has 1 aromatic heterocycles. The second-order valence-corrected chi connectivity index (χ2v) is 10.7. The minimum Gasteiger partial charge on any atom is -0.460 e. The van der Waals surface area contributed by atoms with Crippen LogP contribution in [0.2, 0.25) is 0 Å². The molecule has 1 atom stereocenters. The molecule has 0 spiro atoms. The van der Waals surface area contributed by atoms with Crippen LogP contribution in [0, 0.1) is 0 Å². The molecule has 0 radical (unpaired) electrons. The molecule has 9 heteroatoms. The molecule has 2 aliphatic heterocycles. The first kappa shape index (κ1) is 26.4. The first-order valence-electron chi connectivity index (χ1n) is 12.6. The molecule has 0 bridgehead atoms. The van der Waals surface area contributed by atoms with Crippen molar-refractivity contribution in [2.45, 2.75) is 25.5 Å². The van der Waals surface area contributed by atoms with E-state index >= 15 is 0 Å². The maximum atomic E-state index is 12.9. The fourth-order valence-electron chi connectivity index (χ4n) is 4.28. The number of hydrogen-bond donors (Lipinski definition) is 1. The Labute approximate surface area is 231 Å². The zero-order valence-electron chi connectivity index (χ0n) is 20.8. The molecule has 3 aromatic rings. The highest BCUT2D eigenvalue weighted by atomic mass is 32.2. The smallest absolute Gasteiger partial charge is 0.338 e. The van der Waals surface area contributed by atoms with E-state index in [0.29, 0.717) is 39.5 Å².